The number of nitrogens with one attached hydrogen (secondary N) is 6. The molecule has 2 unspecified atom stereocenters. The van der Waals surface area contributed by atoms with Crippen LogP contribution in [-0.2, 0) is 38.4 Å². The van der Waals surface area contributed by atoms with E-state index >= 15 is 0 Å². The van der Waals surface area contributed by atoms with Crippen LogP contribution >= 0.6 is 0 Å². The van der Waals surface area contributed by atoms with Crippen molar-refractivity contribution in [1.29, 1.82) is 0 Å². The lowest BCUT2D eigenvalue weighted by Crippen LogP contribution is -2.54. The highest BCUT2D eigenvalue weighted by molar-refractivity contribution is 6.26. The van der Waals surface area contributed by atoms with Crippen LogP contribution in [0.3, 0.4) is 0 Å². The number of ketones is 1. The molecule has 4 aromatic carbocycles. The predicted octanol–water partition coefficient (Wildman–Crippen LogP) is 12.5. The lowest BCUT2D eigenvalue weighted by Gasteiger charge is -2.42. The molecule has 6 aliphatic heterocycles. The molecule has 2 saturated carbocycles. The van der Waals surface area contributed by atoms with Gasteiger partial charge in [-0.15, -0.1) is 0 Å². The number of likely N-dealkylation sites (N-methyl/N-ethyl adjacent to an activating group) is 2. The summed E-state index contributed by atoms with van der Waals surface area (Å²) in [5.74, 6) is -2.39. The number of nitrogens with zero attached hydrogens (tertiary/aromatic N) is 8. The van der Waals surface area contributed by atoms with Gasteiger partial charge in [0.25, 0.3) is 35.4 Å². The van der Waals surface area contributed by atoms with Crippen molar-refractivity contribution in [1.82, 2.24) is 41.0 Å². The van der Waals surface area contributed by atoms with Crippen molar-refractivity contribution >= 4 is 129 Å². The van der Waals surface area contributed by atoms with Crippen LogP contribution in [0.25, 0.3) is 0 Å². The molecule has 2 aliphatic carbocycles. The number of pyridine rings is 2. The van der Waals surface area contributed by atoms with E-state index in [1.165, 1.54) is 75.6 Å². The largest absolute Gasteiger partial charge is 0.495 e. The van der Waals surface area contributed by atoms with Crippen molar-refractivity contribution < 1.29 is 91.2 Å². The Bertz CT molecular complexity index is 5080. The molecule has 7 N–H and O–H groups in total. The number of imide groups is 4. The van der Waals surface area contributed by atoms with E-state index in [9.17, 15) is 72.2 Å². The first-order valence-corrected chi connectivity index (χ1v) is 43.6. The molecule has 14 rings (SSSR count). The van der Waals surface area contributed by atoms with Gasteiger partial charge in [-0.1, -0.05) is 123 Å². The van der Waals surface area contributed by atoms with E-state index in [1.54, 1.807) is 67.4 Å². The predicted molar refractivity (Wildman–Crippen MR) is 472 cm³/mol. The van der Waals surface area contributed by atoms with E-state index < -0.39 is 65.3 Å². The highest BCUT2D eigenvalue weighted by Crippen LogP contribution is 2.44. The zero-order valence-corrected chi connectivity index (χ0v) is 72.0. The highest BCUT2D eigenvalue weighted by atomic mass is 16.5. The monoisotopic (exact) mass is 1730 g/mol. The number of aromatic nitrogens is 2. The normalized spacial score (nSPS) is 18.4. The van der Waals surface area contributed by atoms with Gasteiger partial charge in [0.1, 0.15) is 65.4 Å². The first-order valence-electron chi connectivity index (χ1n) is 43.6. The molecule has 12 amide bonds. The third-order valence-electron chi connectivity index (χ3n) is 24.1. The Morgan fingerprint density at radius 3 is 1.35 bits per heavy atom. The van der Waals surface area contributed by atoms with Gasteiger partial charge in [0.15, 0.2) is 24.0 Å². The molecule has 33 nitrogen and oxygen atoms in total. The molecule has 126 heavy (non-hydrogen) atoms. The number of amides is 12. The molecule has 6 aromatic rings. The van der Waals surface area contributed by atoms with Crippen LogP contribution in [0.5, 0.6) is 23.0 Å². The van der Waals surface area contributed by atoms with Gasteiger partial charge < -0.3 is 64.9 Å². The van der Waals surface area contributed by atoms with E-state index in [-0.39, 0.29) is 133 Å². The van der Waals surface area contributed by atoms with Crippen LogP contribution in [-0.4, -0.2) is 198 Å². The van der Waals surface area contributed by atoms with E-state index in [1.807, 2.05) is 38.1 Å². The van der Waals surface area contributed by atoms with Gasteiger partial charge in [-0.2, -0.15) is 0 Å². The Kier molecular flexibility index (Phi) is 32.5. The van der Waals surface area contributed by atoms with Gasteiger partial charge in [0, 0.05) is 64.1 Å². The summed E-state index contributed by atoms with van der Waals surface area (Å²) in [5.41, 5.74) is 3.77. The summed E-state index contributed by atoms with van der Waals surface area (Å²) in [6.45, 7) is 6.53. The Morgan fingerprint density at radius 2 is 0.905 bits per heavy atom. The fraction of sp³-hybridized carbons (Fsp3) is 0.484. The molecular formula is C93H116N14O19. The minimum atomic E-state index is -1.09. The second kappa shape index (κ2) is 43.7. The maximum atomic E-state index is 13.2. The molecule has 2 aromatic heterocycles. The number of anilines is 8. The van der Waals surface area contributed by atoms with Crippen molar-refractivity contribution in [2.24, 2.45) is 0 Å². The van der Waals surface area contributed by atoms with Crippen LogP contribution in [0.4, 0.5) is 46.0 Å². The number of carbonyl (C=O) groups is 14. The number of methoxy groups -OCH3 is 2. The average molecular weight is 1730 g/mol. The van der Waals surface area contributed by atoms with E-state index in [0.29, 0.717) is 65.6 Å². The molecule has 8 aliphatic rings. The number of Topliss-reactive ketones (excluding diaryl/α,β-unsaturated/α-hetero) is 1. The van der Waals surface area contributed by atoms with E-state index in [4.69, 9.17) is 28.9 Å². The van der Waals surface area contributed by atoms with Crippen molar-refractivity contribution in [3.05, 3.63) is 130 Å². The first-order chi connectivity index (χ1) is 60.3. The zero-order valence-electron chi connectivity index (χ0n) is 72.0. The maximum absolute atomic E-state index is 13.2. The van der Waals surface area contributed by atoms with E-state index in [2.05, 4.69) is 48.6 Å². The maximum Gasteiger partial charge on any atom is 0.335 e. The number of carbonyl (C=O) groups excluding carboxylic acids is 13. The van der Waals surface area contributed by atoms with Crippen LogP contribution in [0.2, 0.25) is 0 Å². The average Bonchev–Trinajstić information content (AvgIpc) is 0.872. The molecule has 4 atom stereocenters. The quantitative estimate of drug-likeness (QED) is 0.0142. The number of rotatable bonds is 36. The Balaban J connectivity index is 0.000000202. The van der Waals surface area contributed by atoms with Gasteiger partial charge in [0.2, 0.25) is 35.4 Å². The topological polar surface area (TPSA) is 414 Å². The number of carboxylic acids is 1. The highest BCUT2D eigenvalue weighted by Gasteiger charge is 2.49. The molecule has 8 heterocycles. The summed E-state index contributed by atoms with van der Waals surface area (Å²) >= 11 is 0. The van der Waals surface area contributed by atoms with Crippen LogP contribution in [0.15, 0.2) is 97.1 Å². The number of hydrogen-bond donors (Lipinski definition) is 7. The zero-order chi connectivity index (χ0) is 89.1. The number of aromatic carboxylic acids is 1. The standard InChI is InChI=1S/C45H54N8O9.C25H32N2O6.C22H26N4O4.CH4/c1-27-43(58)51(2)32-19-21-36(49-40(32)52(27)29-13-8-9-14-29)48-31-18-17-28(25-35(31)61-3)41(56)47-24-11-7-5-4-6-10-23-46-38(55)26-62-34-16-12-15-30-39(34)45(60)53(44(30)59)33-20-22-37(54)50-42(33)57;1-2-3-4-5-6-7-8-9-11-17(28)16-33-20-13-10-12-18-22(20)25(32)27(24(18)31)19-14-15-21(29)26-23(19)30;1-13-21(27)25(2)17-10-11-19(24-20(17)26(13)15-6-4-5-7-15)23-16-9-8-14(22(28)29)12-18(16)30-3;/h12,15-19,21,25,27,29,33H,4-11,13-14,20,22-24,26H2,1-3H3,(H,46,55)(H,47,56)(H,48,49)(H,50,54,57);10,12-13,19H,2-9,11,14-16H2,1H3,(H,26,29,30);8-13,15H,4-7H2,1-3H3,(H,23,24)(H,28,29);1H4/t27-,33?;;13-;/m1.1./s1. The minimum absolute atomic E-state index is 0. The fourth-order valence-corrected chi connectivity index (χ4v) is 17.4. The summed E-state index contributed by atoms with van der Waals surface area (Å²) in [6.07, 6.45) is 23.9. The molecule has 0 spiro atoms. The number of ether oxygens (including phenoxy) is 4. The van der Waals surface area contributed by atoms with Gasteiger partial charge >= 0.3 is 5.97 Å². The van der Waals surface area contributed by atoms with E-state index in [0.717, 1.165) is 142 Å². The molecular weight excluding hydrogens is 1620 g/mol. The lowest BCUT2D eigenvalue weighted by atomic mass is 10.0. The third-order valence-corrected chi connectivity index (χ3v) is 24.1. The number of piperidine rings is 2. The Morgan fingerprint density at radius 1 is 0.484 bits per heavy atom. The van der Waals surface area contributed by atoms with Crippen molar-refractivity contribution in [3.8, 4) is 23.0 Å². The van der Waals surface area contributed by atoms with Gasteiger partial charge in [-0.25, -0.2) is 14.8 Å². The number of carboxylic acid groups (broad SMARTS) is 1. The third kappa shape index (κ3) is 21.9. The van der Waals surface area contributed by atoms with Gasteiger partial charge in [-0.3, -0.25) is 82.8 Å². The van der Waals surface area contributed by atoms with Crippen molar-refractivity contribution in [2.75, 3.05) is 84.9 Å². The molecule has 0 bridgehead atoms. The molecule has 33 heteroatoms. The smallest absolute Gasteiger partial charge is 0.335 e. The SMILES string of the molecule is C.CCCCCCCCCCC(=O)COc1cccc2c1C(=O)N(C1CCC(=O)NC1=O)C2=O.COc1cc(C(=O)NCCCCCCCCNC(=O)COc2cccc3c2C(=O)N(C2CCC(=O)NC2=O)C3=O)ccc1Nc1ccc2c(n1)N(C1CCCC1)[C@H](C)C(=O)N2C.COc1cc(C(=O)O)ccc1Nc1ccc2c(n1)N(C1CCCC1)[C@H](C)C(=O)N2C. The number of hydrogen-bond acceptors (Lipinski definition) is 24. The second-order valence-electron chi connectivity index (χ2n) is 32.6. The van der Waals surface area contributed by atoms with Crippen LogP contribution in [0.1, 0.15) is 264 Å². The Hall–Kier alpha value is -12.8. The summed E-state index contributed by atoms with van der Waals surface area (Å²) in [6, 6.07) is 24.4. The van der Waals surface area contributed by atoms with Crippen molar-refractivity contribution in [3.63, 3.8) is 0 Å². The lowest BCUT2D eigenvalue weighted by molar-refractivity contribution is -0.137. The molecule has 4 fully saturated rings. The molecule has 0 radical (unpaired) electrons. The summed E-state index contributed by atoms with van der Waals surface area (Å²) in [4.78, 5) is 194. The molecule has 2 saturated heterocycles. The fourth-order valence-electron chi connectivity index (χ4n) is 17.4. The minimum Gasteiger partial charge on any atom is -0.495 e. The number of unbranched alkanes of at least 4 members (excludes halogenated alkanes) is 12. The van der Waals surface area contributed by atoms with Crippen LogP contribution in [0, 0.1) is 0 Å². The second-order valence-corrected chi connectivity index (χ2v) is 32.6. The Labute approximate surface area is 733 Å². The van der Waals surface area contributed by atoms with Crippen LogP contribution < -0.4 is 70.4 Å². The van der Waals surface area contributed by atoms with Gasteiger partial charge in [0.05, 0.1) is 64.8 Å². The summed E-state index contributed by atoms with van der Waals surface area (Å²) < 4.78 is 22.3. The first kappa shape index (κ1) is 93.8. The summed E-state index contributed by atoms with van der Waals surface area (Å²) in [5, 5.41) is 25.9. The van der Waals surface area contributed by atoms with Crippen molar-refractivity contribution in [2.45, 2.75) is 238 Å². The number of benzene rings is 4. The summed E-state index contributed by atoms with van der Waals surface area (Å²) in [7, 11) is 6.63. The number of fused-ring (bicyclic) bond motifs is 4. The molecule has 672 valence electrons. The van der Waals surface area contributed by atoms with Gasteiger partial charge in [-0.05, 0) is 157 Å².